The van der Waals surface area contributed by atoms with Crippen molar-refractivity contribution in [2.45, 2.75) is 52.9 Å². The van der Waals surface area contributed by atoms with Crippen molar-refractivity contribution in [2.24, 2.45) is 16.1 Å². The van der Waals surface area contributed by atoms with Gasteiger partial charge in [-0.25, -0.2) is 0 Å². The van der Waals surface area contributed by atoms with Crippen LogP contribution in [0.1, 0.15) is 58.4 Å². The molecule has 0 aromatic heterocycles. The average molecular weight is 601 g/mol. The number of amides is 2. The number of azo groups is 1. The Kier molecular flexibility index (Phi) is 12.8. The van der Waals surface area contributed by atoms with E-state index in [-0.39, 0.29) is 23.3 Å². The molecular formula is C33H40N6O3S. The lowest BCUT2D eigenvalue weighted by atomic mass is 9.89. The van der Waals surface area contributed by atoms with Crippen LogP contribution in [0, 0.1) is 5.92 Å². The Hall–Kier alpha value is -4.57. The normalized spacial score (nSPS) is 13.0. The average Bonchev–Trinajstić information content (AvgIpc) is 2.98. The van der Waals surface area contributed by atoms with Crippen molar-refractivity contribution < 1.29 is 14.7 Å². The first-order valence-corrected chi connectivity index (χ1v) is 14.8. The zero-order valence-electron chi connectivity index (χ0n) is 25.1. The van der Waals surface area contributed by atoms with E-state index < -0.39 is 5.91 Å². The molecule has 0 aliphatic carbocycles. The molecule has 0 bridgehead atoms. The molecule has 43 heavy (non-hydrogen) atoms. The minimum Gasteiger partial charge on any atom is -0.510 e. The summed E-state index contributed by atoms with van der Waals surface area (Å²) in [5, 5.41) is 30.5. The van der Waals surface area contributed by atoms with Gasteiger partial charge in [-0.3, -0.25) is 9.59 Å². The molecular weight excluding hydrogens is 560 g/mol. The van der Waals surface area contributed by atoms with Crippen molar-refractivity contribution in [3.63, 3.8) is 0 Å². The zero-order valence-corrected chi connectivity index (χ0v) is 25.9. The summed E-state index contributed by atoms with van der Waals surface area (Å²) in [5.74, 6) is -0.797. The SMILES string of the molecule is CCNC(=S)Nc1cccc(N=NC(C(=O)Nc2cccc(NC(=O)C(C)CCC(CC)c3ccccc3)c2)=C(C)O)c1. The summed E-state index contributed by atoms with van der Waals surface area (Å²) in [4.78, 5) is 25.9. The van der Waals surface area contributed by atoms with Crippen LogP contribution < -0.4 is 21.3 Å². The quantitative estimate of drug-likeness (QED) is 0.0585. The van der Waals surface area contributed by atoms with Crippen LogP contribution in [0.5, 0.6) is 0 Å². The minimum absolute atomic E-state index is 0.0880. The number of hydrogen-bond donors (Lipinski definition) is 5. The zero-order chi connectivity index (χ0) is 31.2. The monoisotopic (exact) mass is 600 g/mol. The van der Waals surface area contributed by atoms with E-state index in [0.29, 0.717) is 40.3 Å². The predicted molar refractivity (Wildman–Crippen MR) is 178 cm³/mol. The van der Waals surface area contributed by atoms with E-state index in [9.17, 15) is 14.7 Å². The fourth-order valence-electron chi connectivity index (χ4n) is 4.42. The van der Waals surface area contributed by atoms with Crippen LogP contribution in [-0.2, 0) is 9.59 Å². The number of aliphatic hydroxyl groups excluding tert-OH is 1. The van der Waals surface area contributed by atoms with Gasteiger partial charge in [-0.15, -0.1) is 5.11 Å². The van der Waals surface area contributed by atoms with Crippen molar-refractivity contribution in [1.29, 1.82) is 0 Å². The number of carbonyl (C=O) groups is 2. The molecule has 0 aliphatic rings. The number of anilines is 3. The molecule has 0 spiro atoms. The second kappa shape index (κ2) is 16.8. The number of carbonyl (C=O) groups excluding carboxylic acids is 2. The van der Waals surface area contributed by atoms with E-state index in [0.717, 1.165) is 19.3 Å². The number of rotatable bonds is 13. The molecule has 226 valence electrons. The number of allylic oxidation sites excluding steroid dienone is 1. The number of nitrogens with one attached hydrogen (secondary N) is 4. The molecule has 0 saturated heterocycles. The van der Waals surface area contributed by atoms with Crippen LogP contribution in [0.2, 0.25) is 0 Å². The van der Waals surface area contributed by atoms with E-state index in [1.807, 2.05) is 38.1 Å². The molecule has 9 nitrogen and oxygen atoms in total. The molecule has 10 heteroatoms. The van der Waals surface area contributed by atoms with Gasteiger partial charge < -0.3 is 26.4 Å². The highest BCUT2D eigenvalue weighted by molar-refractivity contribution is 7.80. The van der Waals surface area contributed by atoms with E-state index in [1.165, 1.54) is 12.5 Å². The highest BCUT2D eigenvalue weighted by Crippen LogP contribution is 2.27. The smallest absolute Gasteiger partial charge is 0.279 e. The van der Waals surface area contributed by atoms with Crippen molar-refractivity contribution in [3.8, 4) is 0 Å². The molecule has 5 N–H and O–H groups in total. The van der Waals surface area contributed by atoms with Gasteiger partial charge in [0.1, 0.15) is 5.76 Å². The second-order valence-electron chi connectivity index (χ2n) is 10.2. The van der Waals surface area contributed by atoms with Crippen LogP contribution >= 0.6 is 12.2 Å². The molecule has 0 saturated carbocycles. The third kappa shape index (κ3) is 10.6. The summed E-state index contributed by atoms with van der Waals surface area (Å²) >= 11 is 5.21. The largest absolute Gasteiger partial charge is 0.510 e. The van der Waals surface area contributed by atoms with Gasteiger partial charge in [-0.2, -0.15) is 5.11 Å². The van der Waals surface area contributed by atoms with Gasteiger partial charge in [0, 0.05) is 29.5 Å². The lowest BCUT2D eigenvalue weighted by Gasteiger charge is -2.18. The Bertz CT molecular complexity index is 1450. The summed E-state index contributed by atoms with van der Waals surface area (Å²) < 4.78 is 0. The summed E-state index contributed by atoms with van der Waals surface area (Å²) in [6.07, 6.45) is 2.68. The summed E-state index contributed by atoms with van der Waals surface area (Å²) in [7, 11) is 0. The summed E-state index contributed by atoms with van der Waals surface area (Å²) in [5.41, 5.74) is 3.20. The van der Waals surface area contributed by atoms with E-state index in [1.54, 1.807) is 42.5 Å². The van der Waals surface area contributed by atoms with E-state index in [4.69, 9.17) is 12.2 Å². The number of nitrogens with zero attached hydrogens (tertiary/aromatic N) is 2. The van der Waals surface area contributed by atoms with Crippen molar-refractivity contribution in [2.75, 3.05) is 22.5 Å². The minimum atomic E-state index is -0.644. The molecule has 3 aromatic rings. The fourth-order valence-corrected chi connectivity index (χ4v) is 4.68. The van der Waals surface area contributed by atoms with Gasteiger partial charge in [0.25, 0.3) is 5.91 Å². The van der Waals surface area contributed by atoms with Crippen LogP contribution in [0.15, 0.2) is 101 Å². The lowest BCUT2D eigenvalue weighted by molar-refractivity contribution is -0.119. The van der Waals surface area contributed by atoms with E-state index >= 15 is 0 Å². The highest BCUT2D eigenvalue weighted by atomic mass is 32.1. The van der Waals surface area contributed by atoms with Crippen molar-refractivity contribution in [3.05, 3.63) is 95.9 Å². The lowest BCUT2D eigenvalue weighted by Crippen LogP contribution is -2.27. The van der Waals surface area contributed by atoms with Crippen LogP contribution in [0.4, 0.5) is 22.7 Å². The Labute approximate surface area is 258 Å². The van der Waals surface area contributed by atoms with Crippen LogP contribution in [0.25, 0.3) is 0 Å². The molecule has 0 aliphatic heterocycles. The molecule has 2 unspecified atom stereocenters. The topological polar surface area (TPSA) is 127 Å². The first-order chi connectivity index (χ1) is 20.7. The predicted octanol–water partition coefficient (Wildman–Crippen LogP) is 8.05. The number of benzene rings is 3. The molecule has 0 radical (unpaired) electrons. The molecule has 2 atom stereocenters. The molecule has 3 aromatic carbocycles. The first kappa shape index (κ1) is 32.9. The third-order valence-corrected chi connectivity index (χ3v) is 7.06. The van der Waals surface area contributed by atoms with Gasteiger partial charge in [-0.1, -0.05) is 56.3 Å². The van der Waals surface area contributed by atoms with Gasteiger partial charge in [0.2, 0.25) is 5.91 Å². The summed E-state index contributed by atoms with van der Waals surface area (Å²) in [6, 6.07) is 24.2. The van der Waals surface area contributed by atoms with Crippen LogP contribution in [0.3, 0.4) is 0 Å². The number of aliphatic hydroxyl groups is 1. The molecule has 2 amide bonds. The van der Waals surface area contributed by atoms with E-state index in [2.05, 4.69) is 50.6 Å². The highest BCUT2D eigenvalue weighted by Gasteiger charge is 2.18. The summed E-state index contributed by atoms with van der Waals surface area (Å²) in [6.45, 7) is 8.08. The molecule has 0 fully saturated rings. The van der Waals surface area contributed by atoms with Crippen molar-refractivity contribution >= 4 is 51.9 Å². The second-order valence-corrected chi connectivity index (χ2v) is 10.6. The maximum atomic E-state index is 13.0. The van der Waals surface area contributed by atoms with Gasteiger partial charge in [0.05, 0.1) is 5.69 Å². The first-order valence-electron chi connectivity index (χ1n) is 14.4. The van der Waals surface area contributed by atoms with Crippen LogP contribution in [-0.4, -0.2) is 28.6 Å². The fraction of sp³-hybridized carbons (Fsp3) is 0.303. The Balaban J connectivity index is 1.60. The van der Waals surface area contributed by atoms with Gasteiger partial charge in [-0.05, 0) is 93.2 Å². The Morgan fingerprint density at radius 3 is 2.16 bits per heavy atom. The van der Waals surface area contributed by atoms with Crippen molar-refractivity contribution in [1.82, 2.24) is 5.32 Å². The maximum Gasteiger partial charge on any atom is 0.279 e. The number of hydrogen-bond acceptors (Lipinski definition) is 6. The standard InChI is InChI=1S/C33H40N6O3S/c1-5-24(25-12-8-7-9-13-25)19-18-22(3)31(41)35-26-14-10-15-27(20-26)36-32(42)30(23(4)40)39-38-29-17-11-16-28(21-29)37-33(43)34-6-2/h7-17,20-22,24,40H,5-6,18-19H2,1-4H3,(H,35,41)(H,36,42)(H2,34,37,43). The van der Waals surface area contributed by atoms with Gasteiger partial charge >= 0.3 is 0 Å². The third-order valence-electron chi connectivity index (χ3n) is 6.81. The molecule has 3 rings (SSSR count). The Morgan fingerprint density at radius 2 is 1.51 bits per heavy atom. The maximum absolute atomic E-state index is 13.0. The Morgan fingerprint density at radius 1 is 0.860 bits per heavy atom. The van der Waals surface area contributed by atoms with Gasteiger partial charge in [0.15, 0.2) is 10.8 Å². The molecule has 0 heterocycles. The number of thiocarbonyl (C=S) groups is 1.